The van der Waals surface area contributed by atoms with Crippen molar-refractivity contribution in [1.82, 2.24) is 0 Å². The molecule has 0 aromatic carbocycles. The van der Waals surface area contributed by atoms with Gasteiger partial charge in [-0.25, -0.2) is 0 Å². The summed E-state index contributed by atoms with van der Waals surface area (Å²) in [5.41, 5.74) is 0. The van der Waals surface area contributed by atoms with Gasteiger partial charge < -0.3 is 14.6 Å². The third-order valence-corrected chi connectivity index (χ3v) is 3.38. The Morgan fingerprint density at radius 2 is 2.08 bits per heavy atom. The highest BCUT2D eigenvalue weighted by Crippen LogP contribution is 2.41. The Labute approximate surface area is 79.0 Å². The highest BCUT2D eigenvalue weighted by Gasteiger charge is 2.43. The molecule has 2 aliphatic rings. The quantitative estimate of drug-likeness (QED) is 0.668. The van der Waals surface area contributed by atoms with E-state index in [9.17, 15) is 0 Å². The van der Waals surface area contributed by atoms with Gasteiger partial charge in [-0.15, -0.1) is 0 Å². The van der Waals surface area contributed by atoms with E-state index in [-0.39, 0.29) is 5.79 Å². The van der Waals surface area contributed by atoms with Gasteiger partial charge in [-0.05, 0) is 18.3 Å². The van der Waals surface area contributed by atoms with Crippen molar-refractivity contribution in [2.24, 2.45) is 11.8 Å². The molecule has 0 unspecified atom stereocenters. The van der Waals surface area contributed by atoms with Gasteiger partial charge in [0, 0.05) is 19.4 Å². The maximum atomic E-state index is 9.11. The minimum atomic E-state index is -0.287. The van der Waals surface area contributed by atoms with Crippen molar-refractivity contribution in [3.8, 4) is 0 Å². The van der Waals surface area contributed by atoms with Crippen molar-refractivity contribution >= 4 is 0 Å². The molecule has 3 heteroatoms. The Morgan fingerprint density at radius 3 is 2.62 bits per heavy atom. The van der Waals surface area contributed by atoms with Crippen molar-refractivity contribution in [3.05, 3.63) is 0 Å². The second-order valence-corrected chi connectivity index (χ2v) is 4.27. The molecular weight excluding hydrogens is 168 g/mol. The molecule has 1 spiro atoms. The van der Waals surface area contributed by atoms with Crippen molar-refractivity contribution in [2.75, 3.05) is 19.8 Å². The number of rotatable bonds is 1. The van der Waals surface area contributed by atoms with E-state index in [1.54, 1.807) is 0 Å². The maximum absolute atomic E-state index is 9.11. The summed E-state index contributed by atoms with van der Waals surface area (Å²) in [4.78, 5) is 0. The molecule has 2 atom stereocenters. The van der Waals surface area contributed by atoms with Crippen LogP contribution in [0.1, 0.15) is 26.2 Å². The van der Waals surface area contributed by atoms with Gasteiger partial charge in [0.1, 0.15) is 0 Å². The Bertz CT molecular complexity index is 175. The molecule has 1 aliphatic heterocycles. The molecule has 0 aromatic heterocycles. The molecule has 1 saturated carbocycles. The molecule has 1 heterocycles. The van der Waals surface area contributed by atoms with E-state index in [4.69, 9.17) is 14.6 Å². The summed E-state index contributed by atoms with van der Waals surface area (Å²) in [5.74, 6) is 0.667. The van der Waals surface area contributed by atoms with Crippen LogP contribution in [0.2, 0.25) is 0 Å². The molecule has 3 nitrogen and oxygen atoms in total. The molecule has 1 N–H and O–H groups in total. The number of hydrogen-bond donors (Lipinski definition) is 1. The van der Waals surface area contributed by atoms with Gasteiger partial charge in [-0.1, -0.05) is 6.92 Å². The summed E-state index contributed by atoms with van der Waals surface area (Å²) in [6.45, 7) is 3.94. The number of aliphatic hydroxyl groups is 1. The smallest absolute Gasteiger partial charge is 0.168 e. The van der Waals surface area contributed by atoms with E-state index in [1.165, 1.54) is 0 Å². The average molecular weight is 186 g/mol. The zero-order valence-electron chi connectivity index (χ0n) is 8.16. The molecule has 1 aliphatic carbocycles. The fourth-order valence-corrected chi connectivity index (χ4v) is 2.48. The third kappa shape index (κ3) is 1.73. The van der Waals surface area contributed by atoms with E-state index in [2.05, 4.69) is 6.92 Å². The van der Waals surface area contributed by atoms with Gasteiger partial charge in [0.25, 0.3) is 0 Å². The lowest BCUT2D eigenvalue weighted by atomic mass is 9.77. The van der Waals surface area contributed by atoms with Crippen LogP contribution in [0, 0.1) is 11.8 Å². The van der Waals surface area contributed by atoms with Crippen LogP contribution in [0.4, 0.5) is 0 Å². The number of ether oxygens (including phenoxy) is 2. The van der Waals surface area contributed by atoms with Crippen LogP contribution in [0.5, 0.6) is 0 Å². The Kier molecular flexibility index (Phi) is 2.58. The minimum absolute atomic E-state index is 0.287. The zero-order chi connectivity index (χ0) is 9.31. The van der Waals surface area contributed by atoms with E-state index < -0.39 is 0 Å². The van der Waals surface area contributed by atoms with E-state index in [0.29, 0.717) is 18.4 Å². The van der Waals surface area contributed by atoms with Gasteiger partial charge in [0.05, 0.1) is 13.2 Å². The van der Waals surface area contributed by atoms with Crippen LogP contribution in [-0.4, -0.2) is 30.7 Å². The lowest BCUT2D eigenvalue weighted by Gasteiger charge is -2.38. The van der Waals surface area contributed by atoms with Crippen LogP contribution in [0.25, 0.3) is 0 Å². The van der Waals surface area contributed by atoms with E-state index >= 15 is 0 Å². The second-order valence-electron chi connectivity index (χ2n) is 4.27. The molecule has 0 radical (unpaired) electrons. The molecule has 0 aromatic rings. The Morgan fingerprint density at radius 1 is 1.38 bits per heavy atom. The largest absolute Gasteiger partial charge is 0.396 e. The summed E-state index contributed by atoms with van der Waals surface area (Å²) in [5, 5.41) is 9.11. The molecule has 2 rings (SSSR count). The fourth-order valence-electron chi connectivity index (χ4n) is 2.48. The molecule has 13 heavy (non-hydrogen) atoms. The molecule has 0 bridgehead atoms. The first-order valence-electron chi connectivity index (χ1n) is 5.14. The van der Waals surface area contributed by atoms with Crippen LogP contribution in [0.3, 0.4) is 0 Å². The predicted molar refractivity (Wildman–Crippen MR) is 48.2 cm³/mol. The Hall–Kier alpha value is -0.120. The molecule has 2 fully saturated rings. The van der Waals surface area contributed by atoms with E-state index in [0.717, 1.165) is 32.5 Å². The lowest BCUT2D eigenvalue weighted by Crippen LogP contribution is -2.40. The highest BCUT2D eigenvalue weighted by molar-refractivity contribution is 4.85. The van der Waals surface area contributed by atoms with Crippen molar-refractivity contribution in [1.29, 1.82) is 0 Å². The standard InChI is InChI=1S/C10H18O3/c1-8-6-10(12-4-5-13-10)3-2-9(8)7-11/h8-9,11H,2-7H2,1H3/t8-,9+/m0/s1. The first kappa shape index (κ1) is 9.44. The number of aliphatic hydroxyl groups excluding tert-OH is 1. The second kappa shape index (κ2) is 3.56. The molecule has 0 amide bonds. The minimum Gasteiger partial charge on any atom is -0.396 e. The summed E-state index contributed by atoms with van der Waals surface area (Å²) in [6, 6.07) is 0. The van der Waals surface area contributed by atoms with Crippen molar-refractivity contribution in [3.63, 3.8) is 0 Å². The van der Waals surface area contributed by atoms with Crippen molar-refractivity contribution in [2.45, 2.75) is 32.0 Å². The van der Waals surface area contributed by atoms with Crippen LogP contribution >= 0.6 is 0 Å². The van der Waals surface area contributed by atoms with Gasteiger partial charge in [0.15, 0.2) is 5.79 Å². The van der Waals surface area contributed by atoms with Gasteiger partial charge in [-0.3, -0.25) is 0 Å². The summed E-state index contributed by atoms with van der Waals surface area (Å²) < 4.78 is 11.3. The van der Waals surface area contributed by atoms with E-state index in [1.807, 2.05) is 0 Å². The molecular formula is C10H18O3. The summed E-state index contributed by atoms with van der Waals surface area (Å²) >= 11 is 0. The van der Waals surface area contributed by atoms with Crippen LogP contribution < -0.4 is 0 Å². The van der Waals surface area contributed by atoms with Crippen molar-refractivity contribution < 1.29 is 14.6 Å². The third-order valence-electron chi connectivity index (χ3n) is 3.38. The Balaban J connectivity index is 1.97. The summed E-state index contributed by atoms with van der Waals surface area (Å²) in [6.07, 6.45) is 2.92. The molecule has 1 saturated heterocycles. The van der Waals surface area contributed by atoms with Gasteiger partial charge in [0.2, 0.25) is 0 Å². The first-order valence-corrected chi connectivity index (χ1v) is 5.14. The van der Waals surface area contributed by atoms with Gasteiger partial charge in [-0.2, -0.15) is 0 Å². The zero-order valence-corrected chi connectivity index (χ0v) is 8.16. The lowest BCUT2D eigenvalue weighted by molar-refractivity contribution is -0.195. The average Bonchev–Trinajstić information content (AvgIpc) is 2.54. The number of hydrogen-bond acceptors (Lipinski definition) is 3. The fraction of sp³-hybridized carbons (Fsp3) is 1.00. The first-order chi connectivity index (χ1) is 6.26. The topological polar surface area (TPSA) is 38.7 Å². The monoisotopic (exact) mass is 186 g/mol. The SMILES string of the molecule is C[C@H]1CC2(CC[C@@H]1CO)OCCO2. The van der Waals surface area contributed by atoms with Crippen LogP contribution in [-0.2, 0) is 9.47 Å². The predicted octanol–water partition coefficient (Wildman–Crippen LogP) is 1.16. The van der Waals surface area contributed by atoms with Crippen LogP contribution in [0.15, 0.2) is 0 Å². The van der Waals surface area contributed by atoms with Gasteiger partial charge >= 0.3 is 0 Å². The normalized spacial score (nSPS) is 38.3. The summed E-state index contributed by atoms with van der Waals surface area (Å²) in [7, 11) is 0. The highest BCUT2D eigenvalue weighted by atomic mass is 16.7. The molecule has 76 valence electrons. The maximum Gasteiger partial charge on any atom is 0.168 e.